The Labute approximate surface area is 132 Å². The van der Waals surface area contributed by atoms with Crippen LogP contribution >= 0.6 is 23.2 Å². The summed E-state index contributed by atoms with van der Waals surface area (Å²) in [5.41, 5.74) is -0.139. The van der Waals surface area contributed by atoms with Gasteiger partial charge in [0, 0.05) is 5.02 Å². The number of hydrogen-bond donors (Lipinski definition) is 3. The molecule has 0 heterocycles. The largest absolute Gasteiger partial charge is 0.480 e. The Bertz CT molecular complexity index is 602. The van der Waals surface area contributed by atoms with E-state index in [-0.39, 0.29) is 5.92 Å². The summed E-state index contributed by atoms with van der Waals surface area (Å²) in [6.07, 6.45) is 1.58. The molecule has 0 aliphatic heterocycles. The van der Waals surface area contributed by atoms with Crippen molar-refractivity contribution in [2.75, 3.05) is 5.32 Å². The summed E-state index contributed by atoms with van der Waals surface area (Å²) in [6.45, 7) is 3.31. The summed E-state index contributed by atoms with van der Waals surface area (Å²) in [5, 5.41) is 15.2. The van der Waals surface area contributed by atoms with E-state index in [0.717, 1.165) is 18.4 Å². The molecule has 21 heavy (non-hydrogen) atoms. The van der Waals surface area contributed by atoms with E-state index in [2.05, 4.69) is 10.6 Å². The molecule has 0 aromatic heterocycles. The van der Waals surface area contributed by atoms with Crippen molar-refractivity contribution in [2.24, 2.45) is 5.92 Å². The Balaban J connectivity index is 2.11. The monoisotopic (exact) mass is 330 g/mol. The number of amides is 2. The molecule has 114 valence electrons. The minimum atomic E-state index is -1.27. The quantitative estimate of drug-likeness (QED) is 0.787. The molecule has 1 aromatic rings. The Morgan fingerprint density at radius 3 is 2.43 bits per heavy atom. The second-order valence-electron chi connectivity index (χ2n) is 5.44. The second kappa shape index (κ2) is 5.73. The van der Waals surface area contributed by atoms with Crippen molar-refractivity contribution in [2.45, 2.75) is 32.2 Å². The van der Waals surface area contributed by atoms with Gasteiger partial charge in [0.2, 0.25) is 0 Å². The van der Waals surface area contributed by atoms with Gasteiger partial charge in [-0.25, -0.2) is 9.59 Å². The zero-order valence-corrected chi connectivity index (χ0v) is 13.2. The van der Waals surface area contributed by atoms with Gasteiger partial charge >= 0.3 is 12.0 Å². The van der Waals surface area contributed by atoms with Gasteiger partial charge in [0.1, 0.15) is 5.54 Å². The lowest BCUT2D eigenvalue weighted by atomic mass is 9.96. The molecular weight excluding hydrogens is 315 g/mol. The second-order valence-corrected chi connectivity index (χ2v) is 6.26. The van der Waals surface area contributed by atoms with E-state index in [1.54, 1.807) is 13.0 Å². The van der Waals surface area contributed by atoms with Gasteiger partial charge in [0.25, 0.3) is 0 Å². The number of anilines is 1. The number of aryl methyl sites for hydroxylation is 1. The highest BCUT2D eigenvalue weighted by Crippen LogP contribution is 2.39. The number of rotatable bonds is 4. The third-order valence-corrected chi connectivity index (χ3v) is 4.43. The molecule has 0 saturated heterocycles. The average molecular weight is 331 g/mol. The van der Waals surface area contributed by atoms with Crippen LogP contribution in [0, 0.1) is 12.8 Å². The third-order valence-electron chi connectivity index (χ3n) is 3.71. The van der Waals surface area contributed by atoms with Gasteiger partial charge < -0.3 is 15.7 Å². The Hall–Kier alpha value is -1.46. The van der Waals surface area contributed by atoms with Crippen LogP contribution in [0.15, 0.2) is 12.1 Å². The predicted octanol–water partition coefficient (Wildman–Crippen LogP) is 3.68. The first kappa shape index (κ1) is 15.9. The molecule has 0 bridgehead atoms. The molecule has 2 amide bonds. The predicted molar refractivity (Wildman–Crippen MR) is 82.1 cm³/mol. The zero-order valence-electron chi connectivity index (χ0n) is 11.7. The van der Waals surface area contributed by atoms with Crippen molar-refractivity contribution >= 4 is 40.9 Å². The number of carbonyl (C=O) groups is 2. The van der Waals surface area contributed by atoms with Crippen molar-refractivity contribution < 1.29 is 14.7 Å². The molecule has 1 unspecified atom stereocenters. The van der Waals surface area contributed by atoms with Crippen LogP contribution in [0.1, 0.15) is 25.3 Å². The van der Waals surface area contributed by atoms with E-state index in [0.29, 0.717) is 15.7 Å². The normalized spacial score (nSPS) is 17.0. The molecule has 2 rings (SSSR count). The molecule has 5 nitrogen and oxygen atoms in total. The van der Waals surface area contributed by atoms with Crippen molar-refractivity contribution in [1.29, 1.82) is 0 Å². The maximum Gasteiger partial charge on any atom is 0.329 e. The van der Waals surface area contributed by atoms with Gasteiger partial charge in [-0.3, -0.25) is 0 Å². The van der Waals surface area contributed by atoms with Crippen LogP contribution in [0.25, 0.3) is 0 Å². The number of carbonyl (C=O) groups excluding carboxylic acids is 1. The molecule has 0 spiro atoms. The Morgan fingerprint density at radius 2 is 1.90 bits per heavy atom. The number of hydrogen-bond acceptors (Lipinski definition) is 2. The van der Waals surface area contributed by atoms with E-state index in [1.165, 1.54) is 13.0 Å². The van der Waals surface area contributed by atoms with Gasteiger partial charge in [-0.05, 0) is 50.3 Å². The number of aliphatic carboxylic acids is 1. The Kier molecular flexibility index (Phi) is 4.35. The van der Waals surface area contributed by atoms with Crippen LogP contribution in [0.5, 0.6) is 0 Å². The van der Waals surface area contributed by atoms with Gasteiger partial charge in [0.15, 0.2) is 0 Å². The first-order chi connectivity index (χ1) is 9.74. The van der Waals surface area contributed by atoms with Gasteiger partial charge in [-0.1, -0.05) is 23.2 Å². The number of nitrogens with one attached hydrogen (secondary N) is 2. The van der Waals surface area contributed by atoms with Crippen LogP contribution in [0.2, 0.25) is 10.0 Å². The number of halogens is 2. The molecule has 1 saturated carbocycles. The lowest BCUT2D eigenvalue weighted by Crippen LogP contribution is -2.55. The summed E-state index contributed by atoms with van der Waals surface area (Å²) in [4.78, 5) is 23.4. The topological polar surface area (TPSA) is 78.4 Å². The summed E-state index contributed by atoms with van der Waals surface area (Å²) in [6, 6.07) is 2.55. The third kappa shape index (κ3) is 3.41. The number of benzene rings is 1. The maximum atomic E-state index is 12.0. The van der Waals surface area contributed by atoms with Crippen LogP contribution in [0.4, 0.5) is 10.5 Å². The minimum Gasteiger partial charge on any atom is -0.480 e. The molecule has 1 aliphatic rings. The fourth-order valence-corrected chi connectivity index (χ4v) is 2.55. The van der Waals surface area contributed by atoms with E-state index in [4.69, 9.17) is 23.2 Å². The van der Waals surface area contributed by atoms with Gasteiger partial charge in [-0.2, -0.15) is 0 Å². The lowest BCUT2D eigenvalue weighted by Gasteiger charge is -2.26. The number of carboxylic acid groups (broad SMARTS) is 1. The lowest BCUT2D eigenvalue weighted by molar-refractivity contribution is -0.144. The number of carboxylic acids is 1. The molecular formula is C14H16Cl2N2O3. The molecule has 1 aromatic carbocycles. The average Bonchev–Trinajstić information content (AvgIpc) is 3.19. The molecule has 1 atom stereocenters. The van der Waals surface area contributed by atoms with E-state index < -0.39 is 17.5 Å². The standard InChI is InChI=1S/C14H16Cl2N2O3/c1-7-5-10(16)11(6-9(7)15)17-13(21)18-14(2,12(19)20)8-3-4-8/h5-6,8H,3-4H2,1-2H3,(H,19,20)(H2,17,18,21). The van der Waals surface area contributed by atoms with E-state index in [1.807, 2.05) is 0 Å². The van der Waals surface area contributed by atoms with Gasteiger partial charge in [-0.15, -0.1) is 0 Å². The van der Waals surface area contributed by atoms with Crippen molar-refractivity contribution in [1.82, 2.24) is 5.32 Å². The van der Waals surface area contributed by atoms with Crippen molar-refractivity contribution in [3.63, 3.8) is 0 Å². The maximum absolute atomic E-state index is 12.0. The molecule has 3 N–H and O–H groups in total. The Morgan fingerprint density at radius 1 is 1.29 bits per heavy atom. The SMILES string of the molecule is Cc1cc(Cl)c(NC(=O)NC(C)(C(=O)O)C2CC2)cc1Cl. The zero-order chi connectivity index (χ0) is 15.8. The fraction of sp³-hybridized carbons (Fsp3) is 0.429. The first-order valence-corrected chi connectivity index (χ1v) is 7.28. The van der Waals surface area contributed by atoms with Crippen molar-refractivity contribution in [3.05, 3.63) is 27.7 Å². The smallest absolute Gasteiger partial charge is 0.329 e. The van der Waals surface area contributed by atoms with Crippen LogP contribution in [-0.4, -0.2) is 22.6 Å². The van der Waals surface area contributed by atoms with Gasteiger partial charge in [0.05, 0.1) is 10.7 Å². The van der Waals surface area contributed by atoms with E-state index in [9.17, 15) is 14.7 Å². The van der Waals surface area contributed by atoms with E-state index >= 15 is 0 Å². The highest BCUT2D eigenvalue weighted by Gasteiger charge is 2.48. The molecule has 1 fully saturated rings. The summed E-state index contributed by atoms with van der Waals surface area (Å²) in [5.74, 6) is -1.09. The first-order valence-electron chi connectivity index (χ1n) is 6.52. The highest BCUT2D eigenvalue weighted by molar-refractivity contribution is 6.36. The van der Waals surface area contributed by atoms with Crippen LogP contribution < -0.4 is 10.6 Å². The fourth-order valence-electron chi connectivity index (χ4n) is 2.12. The summed E-state index contributed by atoms with van der Waals surface area (Å²) < 4.78 is 0. The molecule has 0 radical (unpaired) electrons. The highest BCUT2D eigenvalue weighted by atomic mass is 35.5. The summed E-state index contributed by atoms with van der Waals surface area (Å²) >= 11 is 12.0. The molecule has 7 heteroatoms. The van der Waals surface area contributed by atoms with Crippen LogP contribution in [-0.2, 0) is 4.79 Å². The van der Waals surface area contributed by atoms with Crippen LogP contribution in [0.3, 0.4) is 0 Å². The summed E-state index contributed by atoms with van der Waals surface area (Å²) in [7, 11) is 0. The minimum absolute atomic E-state index is 0.0437. The number of urea groups is 1. The van der Waals surface area contributed by atoms with Crippen molar-refractivity contribution in [3.8, 4) is 0 Å². The molecule has 1 aliphatic carbocycles.